The van der Waals surface area contributed by atoms with Crippen LogP contribution in [0, 0.1) is 0 Å². The molecule has 16 heavy (non-hydrogen) atoms. The minimum atomic E-state index is -3.80. The number of anilines is 1. The fourth-order valence-electron chi connectivity index (χ4n) is 1.21. The van der Waals surface area contributed by atoms with Crippen molar-refractivity contribution in [2.75, 3.05) is 10.8 Å². The van der Waals surface area contributed by atoms with Crippen molar-refractivity contribution in [1.82, 2.24) is 0 Å². The molecular weight excluding hydrogens is 246 g/mol. The molecule has 4 N–H and O–H groups in total. The van der Waals surface area contributed by atoms with E-state index in [4.69, 9.17) is 23.1 Å². The van der Waals surface area contributed by atoms with Crippen LogP contribution < -0.4 is 15.2 Å². The number of nitrogens with two attached hydrogens (primary N) is 2. The van der Waals surface area contributed by atoms with E-state index in [1.807, 2.05) is 0 Å². The van der Waals surface area contributed by atoms with Gasteiger partial charge in [-0.3, -0.25) is 4.31 Å². The third kappa shape index (κ3) is 3.76. The van der Waals surface area contributed by atoms with E-state index in [9.17, 15) is 8.42 Å². The lowest BCUT2D eigenvalue weighted by Gasteiger charge is -2.21. The Labute approximate surface area is 100 Å². The second kappa shape index (κ2) is 5.24. The molecule has 5 nitrogen and oxygen atoms in total. The Balaban J connectivity index is 2.94. The van der Waals surface area contributed by atoms with E-state index in [1.54, 1.807) is 30.3 Å². The zero-order valence-electron chi connectivity index (χ0n) is 8.54. The summed E-state index contributed by atoms with van der Waals surface area (Å²) in [7, 11) is -3.80. The molecule has 0 aliphatic carbocycles. The largest absolute Gasteiger partial charge is 0.393 e. The predicted octanol–water partition coefficient (Wildman–Crippen LogP) is 0.373. The number of benzene rings is 1. The monoisotopic (exact) mass is 259 g/mol. The van der Waals surface area contributed by atoms with Crippen molar-refractivity contribution in [2.24, 2.45) is 10.9 Å². The van der Waals surface area contributed by atoms with Crippen LogP contribution in [0.4, 0.5) is 5.69 Å². The van der Waals surface area contributed by atoms with Gasteiger partial charge in [0.05, 0.1) is 10.7 Å². The van der Waals surface area contributed by atoms with Crippen LogP contribution in [0.25, 0.3) is 0 Å². The topological polar surface area (TPSA) is 89.4 Å². The summed E-state index contributed by atoms with van der Waals surface area (Å²) >= 11 is 4.70. The smallest absolute Gasteiger partial charge is 0.299 e. The normalized spacial score (nSPS) is 11.1. The summed E-state index contributed by atoms with van der Waals surface area (Å²) < 4.78 is 23.8. The minimum absolute atomic E-state index is 0.151. The van der Waals surface area contributed by atoms with Crippen molar-refractivity contribution in [3.63, 3.8) is 0 Å². The lowest BCUT2D eigenvalue weighted by molar-refractivity contribution is 0.593. The van der Waals surface area contributed by atoms with Gasteiger partial charge in [-0.1, -0.05) is 30.4 Å². The van der Waals surface area contributed by atoms with Gasteiger partial charge in [0.1, 0.15) is 0 Å². The van der Waals surface area contributed by atoms with Crippen LogP contribution in [-0.4, -0.2) is 20.0 Å². The fourth-order valence-corrected chi connectivity index (χ4v) is 2.06. The number of hydrogen-bond acceptors (Lipinski definition) is 3. The molecule has 0 atom stereocenters. The van der Waals surface area contributed by atoms with E-state index in [0.717, 1.165) is 4.31 Å². The standard InChI is InChI=1S/C9H13N3O2S2/c10-9(15)6-7-12(16(11,13)14)8-4-2-1-3-5-8/h1-5H,6-7H2,(H2,10,15)(H2,11,13,14). The molecule has 0 fully saturated rings. The van der Waals surface area contributed by atoms with Crippen molar-refractivity contribution in [3.05, 3.63) is 30.3 Å². The van der Waals surface area contributed by atoms with Crippen LogP contribution >= 0.6 is 12.2 Å². The zero-order valence-corrected chi connectivity index (χ0v) is 10.2. The van der Waals surface area contributed by atoms with Crippen LogP contribution in [0.5, 0.6) is 0 Å². The number of nitrogens with zero attached hydrogens (tertiary/aromatic N) is 1. The summed E-state index contributed by atoms with van der Waals surface area (Å²) in [6.07, 6.45) is 0.292. The molecule has 7 heteroatoms. The Hall–Kier alpha value is -1.18. The third-order valence-corrected chi connectivity index (χ3v) is 3.12. The molecular formula is C9H13N3O2S2. The van der Waals surface area contributed by atoms with Crippen molar-refractivity contribution in [3.8, 4) is 0 Å². The Morgan fingerprint density at radius 2 is 1.88 bits per heavy atom. The number of rotatable bonds is 5. The van der Waals surface area contributed by atoms with Gasteiger partial charge in [-0.2, -0.15) is 8.42 Å². The molecule has 0 aromatic heterocycles. The predicted molar refractivity (Wildman–Crippen MR) is 68.3 cm³/mol. The molecule has 0 aliphatic heterocycles. The molecule has 0 spiro atoms. The summed E-state index contributed by atoms with van der Waals surface area (Å²) in [4.78, 5) is 0.254. The number of hydrogen-bond donors (Lipinski definition) is 2. The summed E-state index contributed by atoms with van der Waals surface area (Å²) in [5, 5.41) is 5.11. The summed E-state index contributed by atoms with van der Waals surface area (Å²) in [5.74, 6) is 0. The summed E-state index contributed by atoms with van der Waals surface area (Å²) in [6, 6.07) is 8.56. The first-order valence-corrected chi connectivity index (χ1v) is 6.46. The van der Waals surface area contributed by atoms with E-state index in [-0.39, 0.29) is 11.5 Å². The second-order valence-corrected chi connectivity index (χ2v) is 5.16. The van der Waals surface area contributed by atoms with Gasteiger partial charge < -0.3 is 5.73 Å². The highest BCUT2D eigenvalue weighted by atomic mass is 32.2. The van der Waals surface area contributed by atoms with Gasteiger partial charge in [0.25, 0.3) is 10.2 Å². The average molecular weight is 259 g/mol. The number of thiocarbonyl (C=S) groups is 1. The third-order valence-electron chi connectivity index (χ3n) is 1.91. The van der Waals surface area contributed by atoms with Crippen molar-refractivity contribution < 1.29 is 8.42 Å². The maximum Gasteiger partial charge on any atom is 0.299 e. The molecule has 0 bridgehead atoms. The van der Waals surface area contributed by atoms with E-state index in [2.05, 4.69) is 0 Å². The molecule has 88 valence electrons. The van der Waals surface area contributed by atoms with Crippen LogP contribution in [0.2, 0.25) is 0 Å². The molecule has 0 aliphatic rings. The fraction of sp³-hybridized carbons (Fsp3) is 0.222. The molecule has 0 saturated carbocycles. The molecule has 0 saturated heterocycles. The highest BCUT2D eigenvalue weighted by Gasteiger charge is 2.17. The highest BCUT2D eigenvalue weighted by Crippen LogP contribution is 2.15. The minimum Gasteiger partial charge on any atom is -0.393 e. The Morgan fingerprint density at radius 3 is 2.31 bits per heavy atom. The Bertz CT molecular complexity index is 459. The maximum atomic E-state index is 11.4. The van der Waals surface area contributed by atoms with Gasteiger partial charge in [0.15, 0.2) is 0 Å². The quantitative estimate of drug-likeness (QED) is 0.748. The van der Waals surface area contributed by atoms with Gasteiger partial charge in [-0.05, 0) is 12.1 Å². The van der Waals surface area contributed by atoms with Gasteiger partial charge in [0, 0.05) is 13.0 Å². The average Bonchev–Trinajstić information content (AvgIpc) is 2.17. The molecule has 0 unspecified atom stereocenters. The SMILES string of the molecule is NC(=S)CCN(c1ccccc1)S(N)(=O)=O. The summed E-state index contributed by atoms with van der Waals surface area (Å²) in [6.45, 7) is 0.151. The maximum absolute atomic E-state index is 11.4. The molecule has 1 rings (SSSR count). The molecule has 1 aromatic carbocycles. The summed E-state index contributed by atoms with van der Waals surface area (Å²) in [5.41, 5.74) is 5.83. The van der Waals surface area contributed by atoms with Crippen LogP contribution in [0.3, 0.4) is 0 Å². The first-order chi connectivity index (χ1) is 7.41. The van der Waals surface area contributed by atoms with Crippen molar-refractivity contribution in [2.45, 2.75) is 6.42 Å². The molecule has 0 amide bonds. The van der Waals surface area contributed by atoms with Gasteiger partial charge in [-0.15, -0.1) is 0 Å². The van der Waals surface area contributed by atoms with E-state index >= 15 is 0 Å². The molecule has 0 radical (unpaired) electrons. The van der Waals surface area contributed by atoms with E-state index in [0.29, 0.717) is 12.1 Å². The second-order valence-electron chi connectivity index (χ2n) is 3.17. The van der Waals surface area contributed by atoms with E-state index < -0.39 is 10.2 Å². The van der Waals surface area contributed by atoms with Gasteiger partial charge in [0.2, 0.25) is 0 Å². The Morgan fingerprint density at radius 1 is 1.31 bits per heavy atom. The molecule has 0 heterocycles. The zero-order chi connectivity index (χ0) is 12.2. The van der Waals surface area contributed by atoms with Crippen LogP contribution in [-0.2, 0) is 10.2 Å². The first kappa shape index (κ1) is 12.9. The van der Waals surface area contributed by atoms with Crippen LogP contribution in [0.15, 0.2) is 30.3 Å². The molecule has 1 aromatic rings. The van der Waals surface area contributed by atoms with Crippen molar-refractivity contribution in [1.29, 1.82) is 0 Å². The highest BCUT2D eigenvalue weighted by molar-refractivity contribution is 7.90. The lowest BCUT2D eigenvalue weighted by atomic mass is 10.3. The van der Waals surface area contributed by atoms with Crippen LogP contribution in [0.1, 0.15) is 6.42 Å². The van der Waals surface area contributed by atoms with Gasteiger partial charge >= 0.3 is 0 Å². The Kier molecular flexibility index (Phi) is 4.22. The van der Waals surface area contributed by atoms with Crippen molar-refractivity contribution >= 4 is 33.1 Å². The lowest BCUT2D eigenvalue weighted by Crippen LogP contribution is -2.38. The number of para-hydroxylation sites is 1. The van der Waals surface area contributed by atoms with E-state index in [1.165, 1.54) is 0 Å². The first-order valence-electron chi connectivity index (χ1n) is 4.55. The van der Waals surface area contributed by atoms with Gasteiger partial charge in [-0.25, -0.2) is 5.14 Å².